The molecule has 0 bridgehead atoms. The van der Waals surface area contributed by atoms with Gasteiger partial charge in [-0.1, -0.05) is 48.5 Å². The van der Waals surface area contributed by atoms with E-state index in [0.717, 1.165) is 22.4 Å². The highest BCUT2D eigenvalue weighted by atomic mass is 16.2. The first kappa shape index (κ1) is 14.4. The standard InChI is InChI=1S/C19H20N2O/c1-14-15(2)19(22)21(13-16-9-5-3-6-10-16)18(14)20-17-11-7-4-8-12-17/h3-12,18,20H,13H2,1-2H3. The van der Waals surface area contributed by atoms with Crippen LogP contribution in [0.15, 0.2) is 71.8 Å². The van der Waals surface area contributed by atoms with Crippen LogP contribution in [-0.2, 0) is 11.3 Å². The van der Waals surface area contributed by atoms with Crippen LogP contribution >= 0.6 is 0 Å². The topological polar surface area (TPSA) is 32.3 Å². The van der Waals surface area contributed by atoms with Gasteiger partial charge in [-0.15, -0.1) is 0 Å². The monoisotopic (exact) mass is 292 g/mol. The van der Waals surface area contributed by atoms with Crippen molar-refractivity contribution in [3.05, 3.63) is 77.4 Å². The molecule has 0 saturated heterocycles. The smallest absolute Gasteiger partial charge is 0.251 e. The Bertz CT molecular complexity index is 692. The second-order valence-electron chi connectivity index (χ2n) is 5.64. The van der Waals surface area contributed by atoms with Gasteiger partial charge in [-0.2, -0.15) is 0 Å². The Morgan fingerprint density at radius 2 is 1.55 bits per heavy atom. The number of hydrogen-bond donors (Lipinski definition) is 1. The first-order valence-corrected chi connectivity index (χ1v) is 7.50. The Hall–Kier alpha value is -2.55. The van der Waals surface area contributed by atoms with Crippen LogP contribution in [0, 0.1) is 0 Å². The molecular weight excluding hydrogens is 272 g/mol. The largest absolute Gasteiger partial charge is 0.362 e. The van der Waals surface area contributed by atoms with Gasteiger partial charge in [0.1, 0.15) is 6.17 Å². The SMILES string of the molecule is CC1=C(C)C(Nc2ccccc2)N(Cc2ccccc2)C1=O. The van der Waals surface area contributed by atoms with Gasteiger partial charge < -0.3 is 10.2 Å². The molecule has 2 aromatic carbocycles. The van der Waals surface area contributed by atoms with Crippen molar-refractivity contribution in [1.29, 1.82) is 0 Å². The molecule has 0 spiro atoms. The van der Waals surface area contributed by atoms with Crippen molar-refractivity contribution >= 4 is 11.6 Å². The van der Waals surface area contributed by atoms with Gasteiger partial charge >= 0.3 is 0 Å². The molecule has 0 aliphatic carbocycles. The quantitative estimate of drug-likeness (QED) is 0.929. The van der Waals surface area contributed by atoms with E-state index in [0.29, 0.717) is 6.54 Å². The normalized spacial score (nSPS) is 18.0. The van der Waals surface area contributed by atoms with E-state index in [9.17, 15) is 4.79 Å². The lowest BCUT2D eigenvalue weighted by Crippen LogP contribution is -2.40. The van der Waals surface area contributed by atoms with Crippen LogP contribution in [0.5, 0.6) is 0 Å². The zero-order chi connectivity index (χ0) is 15.5. The molecule has 1 unspecified atom stereocenters. The number of para-hydroxylation sites is 1. The molecule has 3 heteroatoms. The Morgan fingerprint density at radius 3 is 2.18 bits per heavy atom. The molecule has 0 fully saturated rings. The zero-order valence-corrected chi connectivity index (χ0v) is 12.9. The summed E-state index contributed by atoms with van der Waals surface area (Å²) in [6.45, 7) is 4.54. The fourth-order valence-electron chi connectivity index (χ4n) is 2.76. The van der Waals surface area contributed by atoms with Crippen LogP contribution in [0.25, 0.3) is 0 Å². The average Bonchev–Trinajstić information content (AvgIpc) is 2.75. The molecule has 2 aromatic rings. The molecule has 1 atom stereocenters. The fraction of sp³-hybridized carbons (Fsp3) is 0.211. The molecule has 0 aromatic heterocycles. The highest BCUT2D eigenvalue weighted by molar-refractivity contribution is 5.97. The van der Waals surface area contributed by atoms with Gasteiger partial charge in [0.05, 0.1) is 0 Å². The van der Waals surface area contributed by atoms with Crippen molar-refractivity contribution in [3.63, 3.8) is 0 Å². The fourth-order valence-corrected chi connectivity index (χ4v) is 2.76. The second-order valence-corrected chi connectivity index (χ2v) is 5.64. The molecule has 1 N–H and O–H groups in total. The van der Waals surface area contributed by atoms with E-state index in [2.05, 4.69) is 17.4 Å². The lowest BCUT2D eigenvalue weighted by Gasteiger charge is -2.28. The summed E-state index contributed by atoms with van der Waals surface area (Å²) in [7, 11) is 0. The number of anilines is 1. The second kappa shape index (κ2) is 6.06. The highest BCUT2D eigenvalue weighted by Crippen LogP contribution is 2.28. The molecule has 3 rings (SSSR count). The molecule has 1 amide bonds. The number of amides is 1. The van der Waals surface area contributed by atoms with E-state index in [1.54, 1.807) is 0 Å². The minimum absolute atomic E-state index is 0.0879. The highest BCUT2D eigenvalue weighted by Gasteiger charge is 2.34. The third-order valence-corrected chi connectivity index (χ3v) is 4.17. The lowest BCUT2D eigenvalue weighted by molar-refractivity contribution is -0.127. The molecule has 22 heavy (non-hydrogen) atoms. The third-order valence-electron chi connectivity index (χ3n) is 4.17. The molecule has 3 nitrogen and oxygen atoms in total. The molecular formula is C19H20N2O. The summed E-state index contributed by atoms with van der Waals surface area (Å²) in [6, 6.07) is 20.1. The maximum absolute atomic E-state index is 12.5. The molecule has 1 heterocycles. The first-order chi connectivity index (χ1) is 10.7. The number of nitrogens with zero attached hydrogens (tertiary/aromatic N) is 1. The van der Waals surface area contributed by atoms with Gasteiger partial charge in [0, 0.05) is 17.8 Å². The number of hydrogen-bond acceptors (Lipinski definition) is 2. The van der Waals surface area contributed by atoms with Crippen molar-refractivity contribution < 1.29 is 4.79 Å². The molecule has 1 aliphatic heterocycles. The van der Waals surface area contributed by atoms with Gasteiger partial charge in [0.2, 0.25) is 0 Å². The van der Waals surface area contributed by atoms with Gasteiger partial charge in [-0.3, -0.25) is 4.79 Å². The number of rotatable bonds is 4. The Kier molecular flexibility index (Phi) is 3.96. The Morgan fingerprint density at radius 1 is 0.955 bits per heavy atom. The third kappa shape index (κ3) is 2.75. The van der Waals surface area contributed by atoms with Crippen LogP contribution in [0.2, 0.25) is 0 Å². The van der Waals surface area contributed by atoms with E-state index >= 15 is 0 Å². The van der Waals surface area contributed by atoms with Crippen LogP contribution in [0.1, 0.15) is 19.4 Å². The van der Waals surface area contributed by atoms with Crippen LogP contribution in [-0.4, -0.2) is 17.0 Å². The number of benzene rings is 2. The van der Waals surface area contributed by atoms with Crippen molar-refractivity contribution in [3.8, 4) is 0 Å². The number of nitrogens with one attached hydrogen (secondary N) is 1. The van der Waals surface area contributed by atoms with Crippen LogP contribution < -0.4 is 5.32 Å². The van der Waals surface area contributed by atoms with Crippen molar-refractivity contribution in [2.24, 2.45) is 0 Å². The zero-order valence-electron chi connectivity index (χ0n) is 12.9. The van der Waals surface area contributed by atoms with Crippen LogP contribution in [0.4, 0.5) is 5.69 Å². The summed E-state index contributed by atoms with van der Waals surface area (Å²) < 4.78 is 0. The maximum Gasteiger partial charge on any atom is 0.251 e. The Labute approximate surface area is 131 Å². The molecule has 0 radical (unpaired) electrons. The van der Waals surface area contributed by atoms with Gasteiger partial charge in [0.15, 0.2) is 0 Å². The summed E-state index contributed by atoms with van der Waals surface area (Å²) in [4.78, 5) is 14.4. The maximum atomic E-state index is 12.5. The van der Waals surface area contributed by atoms with Crippen molar-refractivity contribution in [1.82, 2.24) is 4.90 Å². The van der Waals surface area contributed by atoms with Crippen LogP contribution in [0.3, 0.4) is 0 Å². The molecule has 112 valence electrons. The van der Waals surface area contributed by atoms with Gasteiger partial charge in [-0.05, 0) is 37.1 Å². The van der Waals surface area contributed by atoms with Crippen molar-refractivity contribution in [2.75, 3.05) is 5.32 Å². The van der Waals surface area contributed by atoms with E-state index < -0.39 is 0 Å². The summed E-state index contributed by atoms with van der Waals surface area (Å²) >= 11 is 0. The predicted molar refractivity (Wildman–Crippen MR) is 89.2 cm³/mol. The summed E-state index contributed by atoms with van der Waals surface area (Å²) in [5, 5.41) is 3.47. The van der Waals surface area contributed by atoms with Crippen molar-refractivity contribution in [2.45, 2.75) is 26.6 Å². The predicted octanol–water partition coefficient (Wildman–Crippen LogP) is 3.80. The summed E-state index contributed by atoms with van der Waals surface area (Å²) in [6.07, 6.45) is -0.0879. The van der Waals surface area contributed by atoms with E-state index in [4.69, 9.17) is 0 Å². The molecule has 1 aliphatic rings. The first-order valence-electron chi connectivity index (χ1n) is 7.50. The summed E-state index contributed by atoms with van der Waals surface area (Å²) in [5.41, 5.74) is 4.08. The van der Waals surface area contributed by atoms with Gasteiger partial charge in [0.25, 0.3) is 5.91 Å². The molecule has 0 saturated carbocycles. The van der Waals surface area contributed by atoms with E-state index in [-0.39, 0.29) is 12.1 Å². The number of carbonyl (C=O) groups is 1. The number of carbonyl (C=O) groups excluding carboxylic acids is 1. The van der Waals surface area contributed by atoms with E-state index in [1.807, 2.05) is 67.3 Å². The Balaban J connectivity index is 1.85. The average molecular weight is 292 g/mol. The van der Waals surface area contributed by atoms with E-state index in [1.165, 1.54) is 0 Å². The lowest BCUT2D eigenvalue weighted by atomic mass is 10.1. The summed E-state index contributed by atoms with van der Waals surface area (Å²) in [5.74, 6) is 0.106. The minimum atomic E-state index is -0.0879. The minimum Gasteiger partial charge on any atom is -0.362 e. The van der Waals surface area contributed by atoms with Gasteiger partial charge in [-0.25, -0.2) is 0 Å².